The summed E-state index contributed by atoms with van der Waals surface area (Å²) in [5.74, 6) is -0.179. The summed E-state index contributed by atoms with van der Waals surface area (Å²) in [5, 5.41) is 3.02. The van der Waals surface area contributed by atoms with Gasteiger partial charge in [-0.1, -0.05) is 36.8 Å². The number of hydrogen-bond donors (Lipinski definition) is 2. The van der Waals surface area contributed by atoms with Crippen LogP contribution in [0.25, 0.3) is 0 Å². The Balaban J connectivity index is 2.08. The van der Waals surface area contributed by atoms with Crippen LogP contribution in [0.15, 0.2) is 48.5 Å². The lowest BCUT2D eigenvalue weighted by Crippen LogP contribution is -2.28. The van der Waals surface area contributed by atoms with Gasteiger partial charge in [0.2, 0.25) is 10.0 Å². The second-order valence-electron chi connectivity index (χ2n) is 5.93. The van der Waals surface area contributed by atoms with E-state index in [2.05, 4.69) is 10.0 Å². The van der Waals surface area contributed by atoms with Crippen LogP contribution in [0.5, 0.6) is 0 Å². The molecule has 2 aromatic rings. The Morgan fingerprint density at radius 1 is 1.00 bits per heavy atom. The zero-order chi connectivity index (χ0) is 18.4. The van der Waals surface area contributed by atoms with Gasteiger partial charge in [0, 0.05) is 11.3 Å². The molecule has 0 aromatic heterocycles. The first-order chi connectivity index (χ1) is 11.8. The quantitative estimate of drug-likeness (QED) is 0.791. The van der Waals surface area contributed by atoms with E-state index in [9.17, 15) is 13.2 Å². The molecule has 25 heavy (non-hydrogen) atoms. The topological polar surface area (TPSA) is 75.3 Å². The molecule has 0 aliphatic carbocycles. The molecule has 2 rings (SSSR count). The summed E-state index contributed by atoms with van der Waals surface area (Å²) in [4.78, 5) is 12.5. The molecule has 0 radical (unpaired) electrons. The van der Waals surface area contributed by atoms with Crippen molar-refractivity contribution >= 4 is 21.6 Å². The van der Waals surface area contributed by atoms with Crippen LogP contribution < -0.4 is 10.0 Å². The minimum Gasteiger partial charge on any atom is -0.345 e. The number of carbonyl (C=O) groups is 1. The van der Waals surface area contributed by atoms with Gasteiger partial charge in [0.1, 0.15) is 0 Å². The van der Waals surface area contributed by atoms with Crippen molar-refractivity contribution in [3.63, 3.8) is 0 Å². The molecule has 2 aromatic carbocycles. The second-order valence-corrected chi connectivity index (χ2v) is 7.94. The minimum atomic E-state index is -3.32. The van der Waals surface area contributed by atoms with E-state index in [0.717, 1.165) is 12.0 Å². The predicted octanol–water partition coefficient (Wildman–Crippen LogP) is 3.64. The van der Waals surface area contributed by atoms with Crippen molar-refractivity contribution in [3.05, 3.63) is 65.2 Å². The summed E-state index contributed by atoms with van der Waals surface area (Å²) in [6.45, 7) is 5.62. The second kappa shape index (κ2) is 8.16. The summed E-state index contributed by atoms with van der Waals surface area (Å²) in [6.07, 6.45) is 0.781. The zero-order valence-corrected chi connectivity index (χ0v) is 15.6. The monoisotopic (exact) mass is 360 g/mol. The van der Waals surface area contributed by atoms with Gasteiger partial charge in [0.15, 0.2) is 0 Å². The van der Waals surface area contributed by atoms with E-state index in [-0.39, 0.29) is 17.7 Å². The van der Waals surface area contributed by atoms with Gasteiger partial charge in [-0.3, -0.25) is 9.52 Å². The molecule has 0 heterocycles. The number of amides is 1. The van der Waals surface area contributed by atoms with Gasteiger partial charge in [-0.25, -0.2) is 8.42 Å². The van der Waals surface area contributed by atoms with Gasteiger partial charge < -0.3 is 5.32 Å². The molecule has 0 unspecified atom stereocenters. The van der Waals surface area contributed by atoms with Crippen LogP contribution in [-0.4, -0.2) is 20.1 Å². The zero-order valence-electron chi connectivity index (χ0n) is 14.7. The molecule has 134 valence electrons. The highest BCUT2D eigenvalue weighted by Crippen LogP contribution is 2.18. The Bertz CT molecular complexity index is 813. The summed E-state index contributed by atoms with van der Waals surface area (Å²) in [5.41, 5.74) is 3.18. The van der Waals surface area contributed by atoms with Gasteiger partial charge in [0.25, 0.3) is 5.91 Å². The lowest BCUT2D eigenvalue weighted by molar-refractivity contribution is 0.0935. The number of nitrogens with one attached hydrogen (secondary N) is 2. The van der Waals surface area contributed by atoms with E-state index in [1.165, 1.54) is 5.56 Å². The Labute approximate surface area is 149 Å². The Morgan fingerprint density at radius 3 is 2.12 bits per heavy atom. The molecule has 0 bridgehead atoms. The molecular formula is C19H24N2O3S. The van der Waals surface area contributed by atoms with Gasteiger partial charge in [0.05, 0.1) is 11.8 Å². The number of hydrogen-bond acceptors (Lipinski definition) is 3. The fourth-order valence-corrected chi connectivity index (χ4v) is 3.04. The first kappa shape index (κ1) is 19.0. The third-order valence-electron chi connectivity index (χ3n) is 3.99. The first-order valence-corrected chi connectivity index (χ1v) is 9.98. The number of benzene rings is 2. The van der Waals surface area contributed by atoms with Crippen LogP contribution in [0.4, 0.5) is 5.69 Å². The van der Waals surface area contributed by atoms with Crippen LogP contribution in [0.3, 0.4) is 0 Å². The van der Waals surface area contributed by atoms with E-state index in [0.29, 0.717) is 11.3 Å². The third kappa shape index (κ3) is 5.32. The maximum Gasteiger partial charge on any atom is 0.251 e. The Morgan fingerprint density at radius 2 is 1.60 bits per heavy atom. The molecule has 2 N–H and O–H groups in total. The van der Waals surface area contributed by atoms with E-state index in [4.69, 9.17) is 0 Å². The van der Waals surface area contributed by atoms with E-state index >= 15 is 0 Å². The minimum absolute atomic E-state index is 0.00394. The average molecular weight is 360 g/mol. The van der Waals surface area contributed by atoms with Crippen LogP contribution in [0.2, 0.25) is 0 Å². The molecule has 6 heteroatoms. The van der Waals surface area contributed by atoms with Crippen molar-refractivity contribution in [2.45, 2.75) is 33.2 Å². The van der Waals surface area contributed by atoms with Crippen molar-refractivity contribution in [1.29, 1.82) is 0 Å². The predicted molar refractivity (Wildman–Crippen MR) is 101 cm³/mol. The standard InChI is InChI=1S/C19H24N2O3S/c1-4-18(15-8-6-14(3)7-9-15)20-19(22)16-10-12-17(13-11-16)21-25(23,24)5-2/h6-13,18,21H,4-5H2,1-3H3,(H,20,22)/t18-/m0/s1. The third-order valence-corrected chi connectivity index (χ3v) is 5.30. The van der Waals surface area contributed by atoms with Crippen molar-refractivity contribution in [1.82, 2.24) is 5.32 Å². The number of anilines is 1. The van der Waals surface area contributed by atoms with Crippen LogP contribution in [0.1, 0.15) is 47.8 Å². The molecule has 0 aliphatic heterocycles. The molecule has 5 nitrogen and oxygen atoms in total. The van der Waals surface area contributed by atoms with E-state index < -0.39 is 10.0 Å². The molecular weight excluding hydrogens is 336 g/mol. The lowest BCUT2D eigenvalue weighted by Gasteiger charge is -2.18. The largest absolute Gasteiger partial charge is 0.345 e. The van der Waals surface area contributed by atoms with Crippen molar-refractivity contribution in [2.24, 2.45) is 0 Å². The van der Waals surface area contributed by atoms with Crippen LogP contribution in [0, 0.1) is 6.92 Å². The summed E-state index contributed by atoms with van der Waals surface area (Å²) >= 11 is 0. The first-order valence-electron chi connectivity index (χ1n) is 8.32. The lowest BCUT2D eigenvalue weighted by atomic mass is 10.0. The van der Waals surface area contributed by atoms with Crippen molar-refractivity contribution < 1.29 is 13.2 Å². The highest BCUT2D eigenvalue weighted by atomic mass is 32.2. The smallest absolute Gasteiger partial charge is 0.251 e. The molecule has 0 saturated carbocycles. The van der Waals surface area contributed by atoms with Crippen LogP contribution in [-0.2, 0) is 10.0 Å². The Hall–Kier alpha value is -2.34. The fourth-order valence-electron chi connectivity index (χ4n) is 2.40. The maximum atomic E-state index is 12.5. The average Bonchev–Trinajstić information content (AvgIpc) is 2.60. The number of sulfonamides is 1. The summed E-state index contributed by atoms with van der Waals surface area (Å²) in [7, 11) is -3.32. The van der Waals surface area contributed by atoms with Crippen LogP contribution >= 0.6 is 0 Å². The highest BCUT2D eigenvalue weighted by Gasteiger charge is 2.14. The molecule has 0 aliphatic rings. The highest BCUT2D eigenvalue weighted by molar-refractivity contribution is 7.92. The van der Waals surface area contributed by atoms with Gasteiger partial charge in [-0.15, -0.1) is 0 Å². The van der Waals surface area contributed by atoms with Gasteiger partial charge >= 0.3 is 0 Å². The SMILES string of the molecule is CC[C@H](NC(=O)c1ccc(NS(=O)(=O)CC)cc1)c1ccc(C)cc1. The molecule has 0 saturated heterocycles. The molecule has 1 atom stereocenters. The number of carbonyl (C=O) groups excluding carboxylic acids is 1. The van der Waals surface area contributed by atoms with Gasteiger partial charge in [-0.05, 0) is 50.1 Å². The van der Waals surface area contributed by atoms with Crippen molar-refractivity contribution in [2.75, 3.05) is 10.5 Å². The Kier molecular flexibility index (Phi) is 6.20. The normalized spacial score (nSPS) is 12.4. The molecule has 1 amide bonds. The van der Waals surface area contributed by atoms with Crippen molar-refractivity contribution in [3.8, 4) is 0 Å². The summed E-state index contributed by atoms with van der Waals surface area (Å²) in [6, 6.07) is 14.4. The maximum absolute atomic E-state index is 12.5. The number of aryl methyl sites for hydroxylation is 1. The summed E-state index contributed by atoms with van der Waals surface area (Å²) < 4.78 is 25.6. The van der Waals surface area contributed by atoms with E-state index in [1.807, 2.05) is 38.1 Å². The number of rotatable bonds is 7. The fraction of sp³-hybridized carbons (Fsp3) is 0.316. The molecule has 0 spiro atoms. The van der Waals surface area contributed by atoms with E-state index in [1.54, 1.807) is 31.2 Å². The molecule has 0 fully saturated rings. The van der Waals surface area contributed by atoms with Gasteiger partial charge in [-0.2, -0.15) is 0 Å².